The van der Waals surface area contributed by atoms with Crippen LogP contribution in [0.1, 0.15) is 30.1 Å². The van der Waals surface area contributed by atoms with Gasteiger partial charge in [-0.1, -0.05) is 6.07 Å². The number of hydrogen-bond donors (Lipinski definition) is 3. The summed E-state index contributed by atoms with van der Waals surface area (Å²) in [5.41, 5.74) is 1.49. The van der Waals surface area contributed by atoms with Crippen molar-refractivity contribution in [3.05, 3.63) is 36.0 Å². The van der Waals surface area contributed by atoms with Crippen molar-refractivity contribution in [2.75, 3.05) is 0 Å². The van der Waals surface area contributed by atoms with Crippen LogP contribution in [0.5, 0.6) is 0 Å². The molecule has 3 N–H and O–H groups in total. The predicted octanol–water partition coefficient (Wildman–Crippen LogP) is 1.56. The SMILES string of the molecule is CC(NC(=O)c1cccc2[nH]ccc12)C(=O)NC1CC1. The van der Waals surface area contributed by atoms with Crippen molar-refractivity contribution in [3.63, 3.8) is 0 Å². The molecule has 3 rings (SSSR count). The Morgan fingerprint density at radius 2 is 2.10 bits per heavy atom. The van der Waals surface area contributed by atoms with Crippen molar-refractivity contribution in [1.82, 2.24) is 15.6 Å². The van der Waals surface area contributed by atoms with Gasteiger partial charge in [0.05, 0.1) is 0 Å². The van der Waals surface area contributed by atoms with Crippen LogP contribution in [-0.4, -0.2) is 28.9 Å². The van der Waals surface area contributed by atoms with E-state index in [1.807, 2.05) is 18.2 Å². The van der Waals surface area contributed by atoms with Crippen molar-refractivity contribution >= 4 is 22.7 Å². The second-order valence-electron chi connectivity index (χ2n) is 5.22. The van der Waals surface area contributed by atoms with Gasteiger partial charge in [-0.25, -0.2) is 0 Å². The third-order valence-corrected chi connectivity index (χ3v) is 3.50. The first-order valence-corrected chi connectivity index (χ1v) is 6.82. The standard InChI is InChI=1S/C15H17N3O2/c1-9(14(19)18-10-5-6-10)17-15(20)12-3-2-4-13-11(12)7-8-16-13/h2-4,7-10,16H,5-6H2,1H3,(H,17,20)(H,18,19). The maximum absolute atomic E-state index is 12.3. The Labute approximate surface area is 116 Å². The van der Waals surface area contributed by atoms with Crippen LogP contribution in [0.2, 0.25) is 0 Å². The fourth-order valence-corrected chi connectivity index (χ4v) is 2.18. The highest BCUT2D eigenvalue weighted by atomic mass is 16.2. The molecular formula is C15H17N3O2. The first-order valence-electron chi connectivity index (χ1n) is 6.82. The molecule has 0 saturated heterocycles. The number of carbonyl (C=O) groups excluding carboxylic acids is 2. The summed E-state index contributed by atoms with van der Waals surface area (Å²) in [7, 11) is 0. The minimum atomic E-state index is -0.530. The second-order valence-corrected chi connectivity index (χ2v) is 5.22. The van der Waals surface area contributed by atoms with Gasteiger partial charge in [-0.05, 0) is 38.0 Å². The van der Waals surface area contributed by atoms with Crippen LogP contribution in [0.3, 0.4) is 0 Å². The molecule has 1 saturated carbocycles. The monoisotopic (exact) mass is 271 g/mol. The van der Waals surface area contributed by atoms with Gasteiger partial charge in [0, 0.05) is 28.7 Å². The van der Waals surface area contributed by atoms with Crippen LogP contribution in [0, 0.1) is 0 Å². The van der Waals surface area contributed by atoms with E-state index in [0.717, 1.165) is 23.7 Å². The van der Waals surface area contributed by atoms with E-state index in [1.54, 1.807) is 19.2 Å². The summed E-state index contributed by atoms with van der Waals surface area (Å²) >= 11 is 0. The van der Waals surface area contributed by atoms with Crippen molar-refractivity contribution in [2.24, 2.45) is 0 Å². The minimum absolute atomic E-state index is 0.123. The van der Waals surface area contributed by atoms with E-state index < -0.39 is 6.04 Å². The van der Waals surface area contributed by atoms with Crippen LogP contribution in [0.15, 0.2) is 30.5 Å². The molecule has 0 radical (unpaired) electrons. The largest absolute Gasteiger partial charge is 0.361 e. The Balaban J connectivity index is 1.72. The van der Waals surface area contributed by atoms with Gasteiger partial charge < -0.3 is 15.6 Å². The van der Waals surface area contributed by atoms with Crippen LogP contribution in [-0.2, 0) is 4.79 Å². The van der Waals surface area contributed by atoms with Crippen molar-refractivity contribution in [2.45, 2.75) is 31.8 Å². The second kappa shape index (κ2) is 5.00. The fraction of sp³-hybridized carbons (Fsp3) is 0.333. The number of carbonyl (C=O) groups is 2. The highest BCUT2D eigenvalue weighted by Gasteiger charge is 2.26. The molecule has 1 aromatic heterocycles. The quantitative estimate of drug-likeness (QED) is 0.789. The van der Waals surface area contributed by atoms with Gasteiger partial charge in [0.2, 0.25) is 5.91 Å². The van der Waals surface area contributed by atoms with E-state index in [2.05, 4.69) is 15.6 Å². The molecule has 1 aromatic carbocycles. The molecule has 2 amide bonds. The van der Waals surface area contributed by atoms with Gasteiger partial charge in [0.25, 0.3) is 5.91 Å². The molecule has 1 unspecified atom stereocenters. The molecule has 20 heavy (non-hydrogen) atoms. The summed E-state index contributed by atoms with van der Waals surface area (Å²) in [5, 5.41) is 6.49. The highest BCUT2D eigenvalue weighted by Crippen LogP contribution is 2.19. The lowest BCUT2D eigenvalue weighted by atomic mass is 10.1. The summed E-state index contributed by atoms with van der Waals surface area (Å²) in [6.45, 7) is 1.70. The van der Waals surface area contributed by atoms with Crippen molar-refractivity contribution in [3.8, 4) is 0 Å². The molecule has 0 aliphatic heterocycles. The van der Waals surface area contributed by atoms with Crippen LogP contribution < -0.4 is 10.6 Å². The van der Waals surface area contributed by atoms with E-state index in [4.69, 9.17) is 0 Å². The summed E-state index contributed by atoms with van der Waals surface area (Å²) in [5.74, 6) is -0.351. The molecular weight excluding hydrogens is 254 g/mol. The third kappa shape index (κ3) is 2.52. The average Bonchev–Trinajstić information content (AvgIpc) is 3.11. The van der Waals surface area contributed by atoms with Crippen LogP contribution in [0.25, 0.3) is 10.9 Å². The number of hydrogen-bond acceptors (Lipinski definition) is 2. The Bertz CT molecular complexity index is 658. The Morgan fingerprint density at radius 1 is 1.30 bits per heavy atom. The van der Waals surface area contributed by atoms with E-state index in [9.17, 15) is 9.59 Å². The number of nitrogens with one attached hydrogen (secondary N) is 3. The highest BCUT2D eigenvalue weighted by molar-refractivity contribution is 6.07. The van der Waals surface area contributed by atoms with E-state index in [0.29, 0.717) is 11.6 Å². The number of aromatic amines is 1. The Kier molecular flexibility index (Phi) is 3.18. The first kappa shape index (κ1) is 12.7. The number of aromatic nitrogens is 1. The lowest BCUT2D eigenvalue weighted by molar-refractivity contribution is -0.122. The van der Waals surface area contributed by atoms with Crippen LogP contribution in [0.4, 0.5) is 0 Å². The van der Waals surface area contributed by atoms with Crippen LogP contribution >= 0.6 is 0 Å². The minimum Gasteiger partial charge on any atom is -0.361 e. The number of fused-ring (bicyclic) bond motifs is 1. The summed E-state index contributed by atoms with van der Waals surface area (Å²) in [4.78, 5) is 27.2. The maximum Gasteiger partial charge on any atom is 0.252 e. The Hall–Kier alpha value is -2.30. The van der Waals surface area contributed by atoms with Gasteiger partial charge in [-0.2, -0.15) is 0 Å². The normalized spacial score (nSPS) is 15.8. The summed E-state index contributed by atoms with van der Waals surface area (Å²) in [6, 6.07) is 7.13. The molecule has 1 fully saturated rings. The molecule has 2 aromatic rings. The lowest BCUT2D eigenvalue weighted by Gasteiger charge is -2.14. The van der Waals surface area contributed by atoms with Gasteiger partial charge in [-0.3, -0.25) is 9.59 Å². The average molecular weight is 271 g/mol. The summed E-state index contributed by atoms with van der Waals surface area (Å²) < 4.78 is 0. The van der Waals surface area contributed by atoms with Gasteiger partial charge in [-0.15, -0.1) is 0 Å². The Morgan fingerprint density at radius 3 is 2.85 bits per heavy atom. The maximum atomic E-state index is 12.3. The smallest absolute Gasteiger partial charge is 0.252 e. The van der Waals surface area contributed by atoms with E-state index >= 15 is 0 Å². The molecule has 1 heterocycles. The van der Waals surface area contributed by atoms with E-state index in [-0.39, 0.29) is 11.8 Å². The predicted molar refractivity (Wildman–Crippen MR) is 76.4 cm³/mol. The molecule has 104 valence electrons. The fourth-order valence-electron chi connectivity index (χ4n) is 2.18. The number of rotatable bonds is 4. The molecule has 1 atom stereocenters. The zero-order valence-electron chi connectivity index (χ0n) is 11.3. The van der Waals surface area contributed by atoms with Gasteiger partial charge in [0.15, 0.2) is 0 Å². The molecule has 5 heteroatoms. The third-order valence-electron chi connectivity index (χ3n) is 3.50. The number of amides is 2. The number of benzene rings is 1. The zero-order valence-corrected chi connectivity index (χ0v) is 11.3. The topological polar surface area (TPSA) is 74.0 Å². The zero-order chi connectivity index (χ0) is 14.1. The summed E-state index contributed by atoms with van der Waals surface area (Å²) in [6.07, 6.45) is 3.87. The molecule has 5 nitrogen and oxygen atoms in total. The lowest BCUT2D eigenvalue weighted by Crippen LogP contribution is -2.45. The molecule has 1 aliphatic carbocycles. The van der Waals surface area contributed by atoms with Gasteiger partial charge in [0.1, 0.15) is 6.04 Å². The van der Waals surface area contributed by atoms with Gasteiger partial charge >= 0.3 is 0 Å². The van der Waals surface area contributed by atoms with Crippen molar-refractivity contribution in [1.29, 1.82) is 0 Å². The van der Waals surface area contributed by atoms with E-state index in [1.165, 1.54) is 0 Å². The van der Waals surface area contributed by atoms with Crippen molar-refractivity contribution < 1.29 is 9.59 Å². The number of H-pyrrole nitrogens is 1. The molecule has 0 spiro atoms. The molecule has 0 bridgehead atoms. The molecule has 1 aliphatic rings. The first-order chi connectivity index (χ1) is 9.65.